The van der Waals surface area contributed by atoms with Gasteiger partial charge >= 0.3 is 0 Å². The van der Waals surface area contributed by atoms with Gasteiger partial charge < -0.3 is 9.47 Å². The van der Waals surface area contributed by atoms with Crippen molar-refractivity contribution in [3.8, 4) is 11.5 Å². The molecule has 4 rings (SSSR count). The maximum absolute atomic E-state index is 12.9. The van der Waals surface area contributed by atoms with Gasteiger partial charge in [-0.25, -0.2) is 9.38 Å². The average Bonchev–Trinajstić information content (AvgIpc) is 3.14. The first-order valence-corrected chi connectivity index (χ1v) is 9.94. The van der Waals surface area contributed by atoms with Crippen LogP contribution in [0.25, 0.3) is 22.1 Å². The second-order valence-electron chi connectivity index (χ2n) is 5.60. The van der Waals surface area contributed by atoms with Crippen LogP contribution in [0.5, 0.6) is 11.5 Å². The van der Waals surface area contributed by atoms with Gasteiger partial charge in [-0.2, -0.15) is 0 Å². The van der Waals surface area contributed by atoms with E-state index in [-0.39, 0.29) is 5.56 Å². The highest BCUT2D eigenvalue weighted by molar-refractivity contribution is 14.1. The van der Waals surface area contributed by atoms with Crippen LogP contribution in [0.4, 0.5) is 0 Å². The van der Waals surface area contributed by atoms with Crippen LogP contribution < -0.4 is 19.6 Å². The number of benzene rings is 2. The van der Waals surface area contributed by atoms with Gasteiger partial charge in [0.25, 0.3) is 5.56 Å². The summed E-state index contributed by atoms with van der Waals surface area (Å²) in [5.74, 6) is 1.38. The Morgan fingerprint density at radius 1 is 1.31 bits per heavy atom. The molecule has 4 aromatic rings. The molecular weight excluding hydrogens is 463 g/mol. The van der Waals surface area contributed by atoms with Gasteiger partial charge in [0.15, 0.2) is 16.5 Å². The number of hydrogen-bond acceptors (Lipinski definition) is 5. The molecule has 0 aliphatic carbocycles. The fraction of sp³-hybridized carbons (Fsp3) is 0.158. The van der Waals surface area contributed by atoms with E-state index in [1.54, 1.807) is 11.5 Å². The van der Waals surface area contributed by atoms with Crippen molar-refractivity contribution in [3.63, 3.8) is 0 Å². The maximum atomic E-state index is 12.9. The van der Waals surface area contributed by atoms with Crippen molar-refractivity contribution in [1.29, 1.82) is 0 Å². The van der Waals surface area contributed by atoms with Gasteiger partial charge in [-0.05, 0) is 65.4 Å². The molecule has 26 heavy (non-hydrogen) atoms. The van der Waals surface area contributed by atoms with Crippen molar-refractivity contribution in [2.75, 3.05) is 13.7 Å². The summed E-state index contributed by atoms with van der Waals surface area (Å²) >= 11 is 3.60. The number of nitrogens with zero attached hydrogens (tertiary/aromatic N) is 2. The zero-order valence-corrected chi connectivity index (χ0v) is 17.1. The van der Waals surface area contributed by atoms with Crippen LogP contribution in [0.2, 0.25) is 0 Å². The molecule has 0 unspecified atom stereocenters. The minimum absolute atomic E-state index is 0.0541. The van der Waals surface area contributed by atoms with E-state index in [0.29, 0.717) is 21.8 Å². The van der Waals surface area contributed by atoms with E-state index >= 15 is 0 Å². The second-order valence-corrected chi connectivity index (χ2v) is 7.77. The van der Waals surface area contributed by atoms with Gasteiger partial charge in [-0.3, -0.25) is 4.79 Å². The van der Waals surface area contributed by atoms with Crippen molar-refractivity contribution in [3.05, 3.63) is 60.4 Å². The Balaban J connectivity index is 1.90. The number of ether oxygens (including phenoxy) is 2. The van der Waals surface area contributed by atoms with Crippen LogP contribution in [0.3, 0.4) is 0 Å². The third-order valence-electron chi connectivity index (χ3n) is 3.98. The summed E-state index contributed by atoms with van der Waals surface area (Å²) in [5.41, 5.74) is 2.50. The first-order chi connectivity index (χ1) is 12.6. The molecule has 0 saturated heterocycles. The summed E-state index contributed by atoms with van der Waals surface area (Å²) in [5, 5.41) is 0. The quantitative estimate of drug-likeness (QED) is 0.422. The molecule has 0 aliphatic rings. The Hall–Kier alpha value is -2.13. The SMILES string of the molecule is CCOc1c(I)cc(/C=c2\sc3nc4ccccc4n3c2=O)cc1OC. The Morgan fingerprint density at radius 2 is 2.12 bits per heavy atom. The standard InChI is InChI=1S/C19H15IN2O3S/c1-3-25-17-12(20)8-11(9-15(17)24-2)10-16-18(23)22-14-7-5-4-6-13(14)21-19(22)26-16/h4-10H,3H2,1-2H3/b16-10-. The molecular formula is C19H15IN2O3S. The summed E-state index contributed by atoms with van der Waals surface area (Å²) in [4.78, 5) is 18.1. The largest absolute Gasteiger partial charge is 0.493 e. The van der Waals surface area contributed by atoms with Crippen LogP contribution in [-0.2, 0) is 0 Å². The Kier molecular flexibility index (Phi) is 4.58. The lowest BCUT2D eigenvalue weighted by atomic mass is 10.2. The molecule has 2 aromatic carbocycles. The van der Waals surface area contributed by atoms with Crippen molar-refractivity contribution < 1.29 is 9.47 Å². The number of hydrogen-bond donors (Lipinski definition) is 0. The van der Waals surface area contributed by atoms with Gasteiger partial charge in [0, 0.05) is 0 Å². The predicted octanol–water partition coefficient (Wildman–Crippen LogP) is 3.47. The molecule has 0 saturated carbocycles. The molecule has 0 atom stereocenters. The minimum Gasteiger partial charge on any atom is -0.493 e. The second kappa shape index (κ2) is 6.88. The van der Waals surface area contributed by atoms with Gasteiger partial charge in [-0.1, -0.05) is 23.5 Å². The summed E-state index contributed by atoms with van der Waals surface area (Å²) in [6.45, 7) is 2.50. The van der Waals surface area contributed by atoms with Crippen molar-refractivity contribution >= 4 is 56.0 Å². The van der Waals surface area contributed by atoms with E-state index in [4.69, 9.17) is 9.47 Å². The van der Waals surface area contributed by atoms with Crippen LogP contribution in [0.15, 0.2) is 41.2 Å². The number of rotatable bonds is 4. The third-order valence-corrected chi connectivity index (χ3v) is 5.75. The van der Waals surface area contributed by atoms with Gasteiger partial charge in [0.1, 0.15) is 0 Å². The average molecular weight is 478 g/mol. The number of imidazole rings is 1. The summed E-state index contributed by atoms with van der Waals surface area (Å²) in [6, 6.07) is 11.5. The van der Waals surface area contributed by atoms with Gasteiger partial charge in [-0.15, -0.1) is 0 Å². The van der Waals surface area contributed by atoms with Crippen LogP contribution in [0, 0.1) is 3.57 Å². The van der Waals surface area contributed by atoms with Crippen molar-refractivity contribution in [2.24, 2.45) is 0 Å². The zero-order valence-electron chi connectivity index (χ0n) is 14.2. The molecule has 0 amide bonds. The van der Waals surface area contributed by atoms with Crippen LogP contribution in [0.1, 0.15) is 12.5 Å². The van der Waals surface area contributed by atoms with Crippen molar-refractivity contribution in [1.82, 2.24) is 9.38 Å². The molecule has 0 fully saturated rings. The molecule has 132 valence electrons. The monoisotopic (exact) mass is 478 g/mol. The number of fused-ring (bicyclic) bond motifs is 3. The first kappa shape index (κ1) is 17.3. The van der Waals surface area contributed by atoms with E-state index in [1.807, 2.05) is 49.4 Å². The topological polar surface area (TPSA) is 52.8 Å². The number of thiazole rings is 1. The molecule has 2 aromatic heterocycles. The lowest BCUT2D eigenvalue weighted by molar-refractivity contribution is 0.308. The van der Waals surface area contributed by atoms with E-state index in [0.717, 1.165) is 25.9 Å². The highest BCUT2D eigenvalue weighted by Crippen LogP contribution is 2.34. The maximum Gasteiger partial charge on any atom is 0.274 e. The molecule has 0 bridgehead atoms. The lowest BCUT2D eigenvalue weighted by Gasteiger charge is -2.12. The van der Waals surface area contributed by atoms with Crippen molar-refractivity contribution in [2.45, 2.75) is 6.92 Å². The Labute approximate surface area is 167 Å². The summed E-state index contributed by atoms with van der Waals surface area (Å²) in [7, 11) is 1.61. The highest BCUT2D eigenvalue weighted by Gasteiger charge is 2.13. The Bertz CT molecular complexity index is 1230. The predicted molar refractivity (Wildman–Crippen MR) is 113 cm³/mol. The van der Waals surface area contributed by atoms with Gasteiger partial charge in [0.05, 0.1) is 32.9 Å². The van der Waals surface area contributed by atoms with E-state index in [1.165, 1.54) is 11.3 Å². The fourth-order valence-electron chi connectivity index (χ4n) is 2.87. The Morgan fingerprint density at radius 3 is 2.88 bits per heavy atom. The molecule has 7 heteroatoms. The first-order valence-electron chi connectivity index (χ1n) is 8.04. The highest BCUT2D eigenvalue weighted by atomic mass is 127. The van der Waals surface area contributed by atoms with Crippen LogP contribution in [-0.4, -0.2) is 23.1 Å². The smallest absolute Gasteiger partial charge is 0.274 e. The molecule has 0 spiro atoms. The number of aromatic nitrogens is 2. The summed E-state index contributed by atoms with van der Waals surface area (Å²) in [6.07, 6.45) is 1.87. The fourth-order valence-corrected chi connectivity index (χ4v) is 4.64. The molecule has 0 radical (unpaired) electrons. The minimum atomic E-state index is -0.0541. The number of halogens is 1. The van der Waals surface area contributed by atoms with Gasteiger partial charge in [0.2, 0.25) is 0 Å². The van der Waals surface area contributed by atoms with E-state index < -0.39 is 0 Å². The molecule has 0 N–H and O–H groups in total. The third kappa shape index (κ3) is 2.84. The normalized spacial score (nSPS) is 12.2. The lowest BCUT2D eigenvalue weighted by Crippen LogP contribution is -2.22. The molecule has 2 heterocycles. The van der Waals surface area contributed by atoms with E-state index in [9.17, 15) is 4.79 Å². The van der Waals surface area contributed by atoms with E-state index in [2.05, 4.69) is 27.6 Å². The molecule has 5 nitrogen and oxygen atoms in total. The number of para-hydroxylation sites is 2. The number of methoxy groups -OCH3 is 1. The molecule has 0 aliphatic heterocycles. The summed E-state index contributed by atoms with van der Waals surface area (Å²) < 4.78 is 14.3. The van der Waals surface area contributed by atoms with Crippen LogP contribution >= 0.6 is 33.9 Å². The zero-order chi connectivity index (χ0) is 18.3.